The zero-order valence-corrected chi connectivity index (χ0v) is 10.3. The molecule has 3 N–H and O–H groups in total. The zero-order chi connectivity index (χ0) is 12.8. The summed E-state index contributed by atoms with van der Waals surface area (Å²) in [5.74, 6) is -0.0185. The number of carboxylic acid groups (broad SMARTS) is 1. The highest BCUT2D eigenvalue weighted by Crippen LogP contribution is 2.09. The van der Waals surface area contributed by atoms with Gasteiger partial charge in [-0.3, -0.25) is 4.79 Å². The fourth-order valence-corrected chi connectivity index (χ4v) is 1.66. The first-order valence-corrected chi connectivity index (χ1v) is 5.69. The van der Waals surface area contributed by atoms with Gasteiger partial charge in [0.25, 0.3) is 0 Å². The van der Waals surface area contributed by atoms with Crippen LogP contribution in [0.5, 0.6) is 0 Å². The highest BCUT2D eigenvalue weighted by molar-refractivity contribution is 5.72. The third kappa shape index (κ3) is 4.07. The van der Waals surface area contributed by atoms with E-state index in [-0.39, 0.29) is 0 Å². The van der Waals surface area contributed by atoms with E-state index >= 15 is 0 Å². The summed E-state index contributed by atoms with van der Waals surface area (Å²) >= 11 is 0. The summed E-state index contributed by atoms with van der Waals surface area (Å²) in [7, 11) is 3.92. The number of unbranched alkanes of at least 4 members (excludes halogenated alkanes) is 1. The van der Waals surface area contributed by atoms with Crippen LogP contribution in [0.3, 0.4) is 0 Å². The number of aromatic nitrogens is 2. The van der Waals surface area contributed by atoms with Crippen LogP contribution in [-0.4, -0.2) is 40.3 Å². The van der Waals surface area contributed by atoms with Crippen LogP contribution in [0.25, 0.3) is 0 Å². The van der Waals surface area contributed by atoms with Crippen molar-refractivity contribution in [3.8, 4) is 0 Å². The Bertz CT molecular complexity index is 364. The SMILES string of the molecule is CN(CCCCC(N)C(=O)O)c1nccn1C. The van der Waals surface area contributed by atoms with Crippen molar-refractivity contribution in [2.24, 2.45) is 12.8 Å². The van der Waals surface area contributed by atoms with Gasteiger partial charge in [-0.25, -0.2) is 4.98 Å². The van der Waals surface area contributed by atoms with E-state index in [2.05, 4.69) is 4.98 Å². The van der Waals surface area contributed by atoms with Gasteiger partial charge in [-0.2, -0.15) is 0 Å². The molecule has 0 aliphatic heterocycles. The Labute approximate surface area is 101 Å². The maximum atomic E-state index is 10.5. The monoisotopic (exact) mass is 240 g/mol. The van der Waals surface area contributed by atoms with E-state index in [9.17, 15) is 4.79 Å². The molecule has 6 heteroatoms. The minimum atomic E-state index is -0.928. The summed E-state index contributed by atoms with van der Waals surface area (Å²) in [6.45, 7) is 0.844. The Morgan fingerprint density at radius 1 is 1.65 bits per heavy atom. The quantitative estimate of drug-likeness (QED) is 0.675. The van der Waals surface area contributed by atoms with Gasteiger partial charge < -0.3 is 20.3 Å². The predicted octanol–water partition coefficient (Wildman–Crippen LogP) is 0.439. The van der Waals surface area contributed by atoms with Crippen molar-refractivity contribution in [2.45, 2.75) is 25.3 Å². The Balaban J connectivity index is 2.23. The van der Waals surface area contributed by atoms with Crippen molar-refractivity contribution in [1.29, 1.82) is 0 Å². The van der Waals surface area contributed by atoms with E-state index in [1.54, 1.807) is 6.20 Å². The average Bonchev–Trinajstić information content (AvgIpc) is 2.70. The lowest BCUT2D eigenvalue weighted by Gasteiger charge is -2.18. The molecule has 1 unspecified atom stereocenters. The number of nitrogens with zero attached hydrogens (tertiary/aromatic N) is 3. The first-order chi connectivity index (χ1) is 8.02. The maximum Gasteiger partial charge on any atom is 0.320 e. The fourth-order valence-electron chi connectivity index (χ4n) is 1.66. The van der Waals surface area contributed by atoms with Gasteiger partial charge >= 0.3 is 5.97 Å². The molecule has 1 aromatic heterocycles. The summed E-state index contributed by atoms with van der Waals surface area (Å²) in [5, 5.41) is 8.63. The van der Waals surface area contributed by atoms with Crippen molar-refractivity contribution in [1.82, 2.24) is 9.55 Å². The summed E-state index contributed by atoms with van der Waals surface area (Å²) in [6.07, 6.45) is 5.88. The van der Waals surface area contributed by atoms with Gasteiger partial charge in [-0.15, -0.1) is 0 Å². The van der Waals surface area contributed by atoms with Crippen LogP contribution in [0.4, 0.5) is 5.95 Å². The van der Waals surface area contributed by atoms with Crippen LogP contribution in [0.2, 0.25) is 0 Å². The molecule has 17 heavy (non-hydrogen) atoms. The molecule has 1 rings (SSSR count). The van der Waals surface area contributed by atoms with Crippen LogP contribution in [0.1, 0.15) is 19.3 Å². The molecule has 6 nitrogen and oxygen atoms in total. The number of hydrogen-bond acceptors (Lipinski definition) is 4. The standard InChI is InChI=1S/C11H20N4O2/c1-14(11-13-6-8-15(11)2)7-4-3-5-9(12)10(16)17/h6,8-9H,3-5,7,12H2,1-2H3,(H,16,17). The second kappa shape index (κ2) is 6.24. The molecule has 0 fully saturated rings. The Hall–Kier alpha value is -1.56. The van der Waals surface area contributed by atoms with Gasteiger partial charge in [0.1, 0.15) is 6.04 Å². The number of aliphatic carboxylic acids is 1. The largest absolute Gasteiger partial charge is 0.480 e. The Kier molecular flexibility index (Phi) is 4.96. The van der Waals surface area contributed by atoms with Gasteiger partial charge in [0.15, 0.2) is 0 Å². The lowest BCUT2D eigenvalue weighted by Crippen LogP contribution is -2.30. The number of hydrogen-bond donors (Lipinski definition) is 2. The van der Waals surface area contributed by atoms with E-state index in [0.29, 0.717) is 6.42 Å². The number of carbonyl (C=O) groups is 1. The van der Waals surface area contributed by atoms with Crippen LogP contribution in [0, 0.1) is 0 Å². The number of imidazole rings is 1. The normalized spacial score (nSPS) is 12.4. The first-order valence-electron chi connectivity index (χ1n) is 5.69. The molecule has 1 aromatic rings. The second-order valence-corrected chi connectivity index (χ2v) is 4.20. The molecule has 0 aromatic carbocycles. The minimum absolute atomic E-state index is 0.518. The van der Waals surface area contributed by atoms with Gasteiger partial charge in [0.2, 0.25) is 5.95 Å². The third-order valence-electron chi connectivity index (χ3n) is 2.71. The smallest absolute Gasteiger partial charge is 0.320 e. The minimum Gasteiger partial charge on any atom is -0.480 e. The molecular formula is C11H20N4O2. The second-order valence-electron chi connectivity index (χ2n) is 4.20. The number of rotatable bonds is 7. The predicted molar refractivity (Wildman–Crippen MR) is 65.9 cm³/mol. The van der Waals surface area contributed by atoms with Gasteiger partial charge in [-0.05, 0) is 19.3 Å². The lowest BCUT2D eigenvalue weighted by atomic mass is 10.1. The molecule has 1 heterocycles. The lowest BCUT2D eigenvalue weighted by molar-refractivity contribution is -0.138. The van der Waals surface area contributed by atoms with Crippen molar-refractivity contribution < 1.29 is 9.90 Å². The molecule has 0 amide bonds. The molecule has 0 aliphatic carbocycles. The van der Waals surface area contributed by atoms with Crippen LogP contribution < -0.4 is 10.6 Å². The van der Waals surface area contributed by atoms with Crippen LogP contribution in [0.15, 0.2) is 12.4 Å². The average molecular weight is 240 g/mol. The van der Waals surface area contributed by atoms with E-state index in [0.717, 1.165) is 25.3 Å². The molecule has 0 spiro atoms. The molecular weight excluding hydrogens is 220 g/mol. The summed E-state index contributed by atoms with van der Waals surface area (Å²) in [5.41, 5.74) is 5.42. The van der Waals surface area contributed by atoms with E-state index in [4.69, 9.17) is 10.8 Å². The van der Waals surface area contributed by atoms with Crippen LogP contribution in [-0.2, 0) is 11.8 Å². The molecule has 0 bridgehead atoms. The van der Waals surface area contributed by atoms with Crippen molar-refractivity contribution in [3.05, 3.63) is 12.4 Å². The summed E-state index contributed by atoms with van der Waals surface area (Å²) in [6, 6.07) is -0.742. The Morgan fingerprint density at radius 3 is 2.88 bits per heavy atom. The van der Waals surface area contributed by atoms with E-state index < -0.39 is 12.0 Å². The van der Waals surface area contributed by atoms with Crippen molar-refractivity contribution in [3.63, 3.8) is 0 Å². The summed E-state index contributed by atoms with van der Waals surface area (Å²) in [4.78, 5) is 16.8. The fraction of sp³-hybridized carbons (Fsp3) is 0.636. The van der Waals surface area contributed by atoms with Crippen molar-refractivity contribution in [2.75, 3.05) is 18.5 Å². The molecule has 0 saturated heterocycles. The first kappa shape index (κ1) is 13.5. The van der Waals surface area contributed by atoms with Crippen LogP contribution >= 0.6 is 0 Å². The van der Waals surface area contributed by atoms with Gasteiger partial charge in [0, 0.05) is 33.0 Å². The molecule has 1 atom stereocenters. The zero-order valence-electron chi connectivity index (χ0n) is 10.3. The number of aryl methyl sites for hydroxylation is 1. The topological polar surface area (TPSA) is 84.4 Å². The van der Waals surface area contributed by atoms with Gasteiger partial charge in [0.05, 0.1) is 0 Å². The van der Waals surface area contributed by atoms with Gasteiger partial charge in [-0.1, -0.05) is 0 Å². The van der Waals surface area contributed by atoms with E-state index in [1.165, 1.54) is 0 Å². The number of anilines is 1. The maximum absolute atomic E-state index is 10.5. The third-order valence-corrected chi connectivity index (χ3v) is 2.71. The number of nitrogens with two attached hydrogens (primary N) is 1. The van der Waals surface area contributed by atoms with E-state index in [1.807, 2.05) is 29.8 Å². The summed E-state index contributed by atoms with van der Waals surface area (Å²) < 4.78 is 1.95. The highest BCUT2D eigenvalue weighted by atomic mass is 16.4. The molecule has 0 radical (unpaired) electrons. The molecule has 96 valence electrons. The van der Waals surface area contributed by atoms with Crippen molar-refractivity contribution >= 4 is 11.9 Å². The molecule has 0 saturated carbocycles. The molecule has 0 aliphatic rings. The highest BCUT2D eigenvalue weighted by Gasteiger charge is 2.11. The number of carboxylic acids is 1. The Morgan fingerprint density at radius 2 is 2.35 bits per heavy atom.